The van der Waals surface area contributed by atoms with E-state index in [0.717, 1.165) is 5.92 Å². The Hall–Kier alpha value is 0.960. The molecular weight excluding hydrogens is 292 g/mol. The quantitative estimate of drug-likeness (QED) is 0.445. The van der Waals surface area contributed by atoms with Crippen LogP contribution in [0.4, 0.5) is 0 Å². The summed E-state index contributed by atoms with van der Waals surface area (Å²) in [5.41, 5.74) is 0. The molecule has 1 aliphatic rings. The lowest BCUT2D eigenvalue weighted by Crippen LogP contribution is -1.88. The monoisotopic (exact) mass is 310 g/mol. The molecule has 0 aromatic carbocycles. The van der Waals surface area contributed by atoms with Crippen LogP contribution in [-0.2, 0) is 0 Å². The average Bonchev–Trinajstić information content (AvgIpc) is 2.67. The van der Waals surface area contributed by atoms with E-state index in [1.54, 1.807) is 0 Å². The van der Waals surface area contributed by atoms with Crippen LogP contribution < -0.4 is 0 Å². The van der Waals surface area contributed by atoms with Crippen LogP contribution in [-0.4, -0.2) is 3.23 Å². The smallest absolute Gasteiger partial charge is 0.0724 e. The Morgan fingerprint density at radius 2 is 1.62 bits per heavy atom. The Labute approximate surface area is 99.1 Å². The molecule has 1 rings (SSSR count). The van der Waals surface area contributed by atoms with E-state index in [2.05, 4.69) is 38.8 Å². The van der Waals surface area contributed by atoms with Crippen molar-refractivity contribution in [2.24, 2.45) is 5.92 Å². The summed E-state index contributed by atoms with van der Waals surface area (Å²) in [6, 6.07) is 0. The van der Waals surface area contributed by atoms with Crippen molar-refractivity contribution in [2.75, 3.05) is 0 Å². The third-order valence-corrected chi connectivity index (χ3v) is 4.80. The van der Waals surface area contributed by atoms with E-state index in [1.165, 1.54) is 51.4 Å². The minimum atomic E-state index is 0.337. The zero-order chi connectivity index (χ0) is 9.73. The Balaban J connectivity index is 1.80. The maximum absolute atomic E-state index is 3.66. The van der Waals surface area contributed by atoms with Gasteiger partial charge in [-0.05, 0) is 18.8 Å². The molecule has 0 amide bonds. The van der Waals surface area contributed by atoms with Gasteiger partial charge in [-0.2, -0.15) is 0 Å². The first-order valence-electron chi connectivity index (χ1n) is 5.54. The van der Waals surface area contributed by atoms with E-state index in [0.29, 0.717) is 3.23 Å². The summed E-state index contributed by atoms with van der Waals surface area (Å²) in [6.45, 7) is 2.27. The van der Waals surface area contributed by atoms with Crippen LogP contribution >= 0.6 is 31.9 Å². The van der Waals surface area contributed by atoms with E-state index >= 15 is 0 Å². The molecule has 0 bridgehead atoms. The van der Waals surface area contributed by atoms with E-state index in [9.17, 15) is 0 Å². The normalized spacial score (nSPS) is 24.7. The number of halogens is 2. The standard InChI is InChI=1S/C11H20Br2/c1-2-3-4-5-6-7-8-10-9-11(10,12)13/h10H,2-9H2,1H3. The molecule has 1 aliphatic carbocycles. The van der Waals surface area contributed by atoms with Gasteiger partial charge in [0.2, 0.25) is 0 Å². The largest absolute Gasteiger partial charge is 0.0837 e. The second-order valence-electron chi connectivity index (χ2n) is 4.22. The highest BCUT2D eigenvalue weighted by Crippen LogP contribution is 2.58. The number of unbranched alkanes of at least 4 members (excludes halogenated alkanes) is 5. The predicted molar refractivity (Wildman–Crippen MR) is 66.7 cm³/mol. The summed E-state index contributed by atoms with van der Waals surface area (Å²) in [5, 5.41) is 0. The third-order valence-electron chi connectivity index (χ3n) is 2.86. The lowest BCUT2D eigenvalue weighted by molar-refractivity contribution is 0.568. The van der Waals surface area contributed by atoms with Gasteiger partial charge >= 0.3 is 0 Å². The van der Waals surface area contributed by atoms with Gasteiger partial charge in [0.25, 0.3) is 0 Å². The number of hydrogen-bond acceptors (Lipinski definition) is 0. The Kier molecular flexibility index (Phi) is 5.32. The zero-order valence-electron chi connectivity index (χ0n) is 8.49. The number of rotatable bonds is 7. The second-order valence-corrected chi connectivity index (χ2v) is 8.11. The molecule has 0 heterocycles. The molecule has 0 radical (unpaired) electrons. The summed E-state index contributed by atoms with van der Waals surface area (Å²) in [5.74, 6) is 0.902. The van der Waals surface area contributed by atoms with Gasteiger partial charge < -0.3 is 0 Å². The lowest BCUT2D eigenvalue weighted by Gasteiger charge is -2.01. The summed E-state index contributed by atoms with van der Waals surface area (Å²) >= 11 is 7.33. The minimum Gasteiger partial charge on any atom is -0.0724 e. The molecule has 0 nitrogen and oxygen atoms in total. The van der Waals surface area contributed by atoms with Crippen LogP contribution in [0.1, 0.15) is 58.3 Å². The van der Waals surface area contributed by atoms with Crippen LogP contribution in [0, 0.1) is 5.92 Å². The number of hydrogen-bond donors (Lipinski definition) is 0. The van der Waals surface area contributed by atoms with Crippen molar-refractivity contribution >= 4 is 31.9 Å². The Bertz CT molecular complexity index is 143. The van der Waals surface area contributed by atoms with Gasteiger partial charge in [-0.25, -0.2) is 0 Å². The molecule has 0 aromatic rings. The van der Waals surface area contributed by atoms with E-state index in [1.807, 2.05) is 0 Å². The molecular formula is C11H20Br2. The second kappa shape index (κ2) is 5.75. The molecule has 0 spiro atoms. The van der Waals surface area contributed by atoms with Gasteiger partial charge in [0.05, 0.1) is 3.23 Å². The topological polar surface area (TPSA) is 0 Å². The molecule has 0 aliphatic heterocycles. The van der Waals surface area contributed by atoms with Gasteiger partial charge in [0.15, 0.2) is 0 Å². The molecule has 0 N–H and O–H groups in total. The van der Waals surface area contributed by atoms with Crippen LogP contribution in [0.15, 0.2) is 0 Å². The molecule has 0 aromatic heterocycles. The van der Waals surface area contributed by atoms with Crippen molar-refractivity contribution in [3.05, 3.63) is 0 Å². The molecule has 1 unspecified atom stereocenters. The molecule has 13 heavy (non-hydrogen) atoms. The maximum Gasteiger partial charge on any atom is 0.0837 e. The highest BCUT2D eigenvalue weighted by molar-refractivity contribution is 9.25. The number of alkyl halides is 2. The van der Waals surface area contributed by atoms with Crippen LogP contribution in [0.5, 0.6) is 0 Å². The summed E-state index contributed by atoms with van der Waals surface area (Å²) in [4.78, 5) is 0. The van der Waals surface area contributed by atoms with Crippen LogP contribution in [0.25, 0.3) is 0 Å². The van der Waals surface area contributed by atoms with Gasteiger partial charge in [0, 0.05) is 0 Å². The van der Waals surface area contributed by atoms with Crippen molar-refractivity contribution in [3.63, 3.8) is 0 Å². The van der Waals surface area contributed by atoms with Crippen molar-refractivity contribution in [3.8, 4) is 0 Å². The molecule has 1 fully saturated rings. The van der Waals surface area contributed by atoms with Gasteiger partial charge in [0.1, 0.15) is 0 Å². The highest BCUT2D eigenvalue weighted by atomic mass is 79.9. The summed E-state index contributed by atoms with van der Waals surface area (Å²) in [7, 11) is 0. The third kappa shape index (κ3) is 4.83. The van der Waals surface area contributed by atoms with E-state index in [4.69, 9.17) is 0 Å². The van der Waals surface area contributed by atoms with E-state index in [-0.39, 0.29) is 0 Å². The fourth-order valence-electron chi connectivity index (χ4n) is 1.75. The first kappa shape index (κ1) is 12.0. The first-order valence-corrected chi connectivity index (χ1v) is 7.13. The van der Waals surface area contributed by atoms with Crippen molar-refractivity contribution < 1.29 is 0 Å². The average molecular weight is 312 g/mol. The lowest BCUT2D eigenvalue weighted by atomic mass is 10.1. The first-order chi connectivity index (χ1) is 6.17. The SMILES string of the molecule is CCCCCCCCC1CC1(Br)Br. The van der Waals surface area contributed by atoms with Crippen molar-refractivity contribution in [1.29, 1.82) is 0 Å². The summed E-state index contributed by atoms with van der Waals surface area (Å²) < 4.78 is 0.337. The van der Waals surface area contributed by atoms with Gasteiger partial charge in [-0.1, -0.05) is 77.3 Å². The fourth-order valence-corrected chi connectivity index (χ4v) is 2.99. The molecule has 0 saturated heterocycles. The van der Waals surface area contributed by atoms with E-state index < -0.39 is 0 Å². The fraction of sp³-hybridized carbons (Fsp3) is 1.00. The molecule has 2 heteroatoms. The molecule has 1 saturated carbocycles. The van der Waals surface area contributed by atoms with Gasteiger partial charge in [-0.15, -0.1) is 0 Å². The van der Waals surface area contributed by atoms with Crippen LogP contribution in [0.2, 0.25) is 0 Å². The minimum absolute atomic E-state index is 0.337. The molecule has 1 atom stereocenters. The zero-order valence-corrected chi connectivity index (χ0v) is 11.7. The van der Waals surface area contributed by atoms with Crippen molar-refractivity contribution in [2.45, 2.75) is 61.5 Å². The highest BCUT2D eigenvalue weighted by Gasteiger charge is 2.49. The maximum atomic E-state index is 3.66. The summed E-state index contributed by atoms with van der Waals surface area (Å²) in [6.07, 6.45) is 11.2. The van der Waals surface area contributed by atoms with Gasteiger partial charge in [-0.3, -0.25) is 0 Å². The Morgan fingerprint density at radius 1 is 1.08 bits per heavy atom. The van der Waals surface area contributed by atoms with Crippen molar-refractivity contribution in [1.82, 2.24) is 0 Å². The van der Waals surface area contributed by atoms with Crippen LogP contribution in [0.3, 0.4) is 0 Å². The Morgan fingerprint density at radius 3 is 2.15 bits per heavy atom. The predicted octanol–water partition coefficient (Wildman–Crippen LogP) is 5.24. The molecule has 78 valence electrons.